The molecule has 1 unspecified atom stereocenters. The largest absolute Gasteiger partial charge is 0.386 e. The molecule has 0 bridgehead atoms. The molecule has 0 aromatic carbocycles. The van der Waals surface area contributed by atoms with Crippen LogP contribution in [0, 0.1) is 0 Å². The number of rotatable bonds is 3. The van der Waals surface area contributed by atoms with E-state index in [0.29, 0.717) is 6.42 Å². The van der Waals surface area contributed by atoms with Gasteiger partial charge in [-0.1, -0.05) is 6.07 Å². The second kappa shape index (κ2) is 4.76. The topological polar surface area (TPSA) is 50.9 Å². The third-order valence-electron chi connectivity index (χ3n) is 2.38. The molecule has 5 heteroatoms. The average molecular weight is 282 g/mol. The van der Waals surface area contributed by atoms with Crippen molar-refractivity contribution in [3.63, 3.8) is 0 Å². The Balaban J connectivity index is 2.18. The minimum absolute atomic E-state index is 0.485. The van der Waals surface area contributed by atoms with Crippen molar-refractivity contribution in [2.75, 3.05) is 0 Å². The summed E-state index contributed by atoms with van der Waals surface area (Å²) in [4.78, 5) is 4.18. The summed E-state index contributed by atoms with van der Waals surface area (Å²) in [5, 5.41) is 14.2. The summed E-state index contributed by atoms with van der Waals surface area (Å²) in [5.41, 5.74) is 1.63. The Labute approximate surface area is 102 Å². The first-order valence-corrected chi connectivity index (χ1v) is 5.73. The van der Waals surface area contributed by atoms with Gasteiger partial charge >= 0.3 is 0 Å². The van der Waals surface area contributed by atoms with Crippen molar-refractivity contribution in [2.24, 2.45) is 7.05 Å². The van der Waals surface area contributed by atoms with E-state index >= 15 is 0 Å². The zero-order chi connectivity index (χ0) is 11.5. The molecule has 84 valence electrons. The third-order valence-corrected chi connectivity index (χ3v) is 2.99. The predicted octanol–water partition coefficient (Wildman–Crippen LogP) is 1.85. The molecule has 1 atom stereocenters. The summed E-state index contributed by atoms with van der Waals surface area (Å²) in [6, 6.07) is 5.66. The maximum Gasteiger partial charge on any atom is 0.102 e. The minimum atomic E-state index is -0.600. The summed E-state index contributed by atoms with van der Waals surface area (Å²) < 4.78 is 2.48. The number of aliphatic hydroxyl groups excluding tert-OH is 1. The first kappa shape index (κ1) is 11.3. The van der Waals surface area contributed by atoms with Crippen LogP contribution in [0.5, 0.6) is 0 Å². The van der Waals surface area contributed by atoms with Crippen LogP contribution in [-0.4, -0.2) is 19.9 Å². The molecule has 2 heterocycles. The molecular weight excluding hydrogens is 270 g/mol. The van der Waals surface area contributed by atoms with Crippen LogP contribution in [0.4, 0.5) is 0 Å². The fraction of sp³-hybridized carbons (Fsp3) is 0.273. The van der Waals surface area contributed by atoms with Gasteiger partial charge in [0.25, 0.3) is 0 Å². The number of aryl methyl sites for hydroxylation is 1. The molecule has 16 heavy (non-hydrogen) atoms. The van der Waals surface area contributed by atoms with E-state index in [2.05, 4.69) is 26.0 Å². The monoisotopic (exact) mass is 281 g/mol. The van der Waals surface area contributed by atoms with Crippen LogP contribution in [-0.2, 0) is 13.5 Å². The molecule has 4 nitrogen and oxygen atoms in total. The molecule has 0 saturated heterocycles. The predicted molar refractivity (Wildman–Crippen MR) is 63.8 cm³/mol. The van der Waals surface area contributed by atoms with Gasteiger partial charge in [0.15, 0.2) is 0 Å². The molecule has 0 spiro atoms. The van der Waals surface area contributed by atoms with Crippen LogP contribution in [0.2, 0.25) is 0 Å². The summed E-state index contributed by atoms with van der Waals surface area (Å²) in [5.74, 6) is 0. The van der Waals surface area contributed by atoms with Crippen molar-refractivity contribution < 1.29 is 5.11 Å². The number of hydrogen-bond donors (Lipinski definition) is 1. The molecule has 0 aliphatic carbocycles. The van der Waals surface area contributed by atoms with Crippen molar-refractivity contribution in [2.45, 2.75) is 12.5 Å². The first-order valence-electron chi connectivity index (χ1n) is 4.94. The lowest BCUT2D eigenvalue weighted by atomic mass is 10.1. The van der Waals surface area contributed by atoms with Crippen molar-refractivity contribution in [1.82, 2.24) is 14.8 Å². The second-order valence-electron chi connectivity index (χ2n) is 3.54. The summed E-state index contributed by atoms with van der Waals surface area (Å²) in [7, 11) is 1.81. The van der Waals surface area contributed by atoms with Gasteiger partial charge in [-0.3, -0.25) is 9.67 Å². The third kappa shape index (κ3) is 2.31. The van der Waals surface area contributed by atoms with Crippen molar-refractivity contribution in [3.05, 3.63) is 46.5 Å². The van der Waals surface area contributed by atoms with E-state index in [0.717, 1.165) is 15.9 Å². The van der Waals surface area contributed by atoms with Gasteiger partial charge in [0, 0.05) is 25.4 Å². The smallest absolute Gasteiger partial charge is 0.102 e. The molecule has 1 N–H and O–H groups in total. The Bertz CT molecular complexity index is 450. The highest BCUT2D eigenvalue weighted by Gasteiger charge is 2.16. The molecular formula is C11H12BrN3O. The molecule has 0 radical (unpaired) electrons. The van der Waals surface area contributed by atoms with Gasteiger partial charge in [-0.05, 0) is 28.1 Å². The van der Waals surface area contributed by atoms with Gasteiger partial charge < -0.3 is 5.11 Å². The van der Waals surface area contributed by atoms with Crippen molar-refractivity contribution >= 4 is 15.9 Å². The van der Waals surface area contributed by atoms with Gasteiger partial charge in [-0.15, -0.1) is 0 Å². The van der Waals surface area contributed by atoms with E-state index in [9.17, 15) is 5.11 Å². The van der Waals surface area contributed by atoms with Gasteiger partial charge in [0.2, 0.25) is 0 Å². The standard InChI is InChI=1S/C11H12BrN3O/c1-15-11(9(12)7-14-15)10(16)6-8-4-2-3-5-13-8/h2-5,7,10,16H,6H2,1H3. The maximum absolute atomic E-state index is 10.1. The summed E-state index contributed by atoms with van der Waals surface area (Å²) in [6.45, 7) is 0. The molecule has 2 rings (SSSR count). The fourth-order valence-corrected chi connectivity index (χ4v) is 2.22. The van der Waals surface area contributed by atoms with E-state index < -0.39 is 6.10 Å². The van der Waals surface area contributed by atoms with Gasteiger partial charge in [-0.2, -0.15) is 5.10 Å². The van der Waals surface area contributed by atoms with Gasteiger partial charge in [0.05, 0.1) is 16.4 Å². The van der Waals surface area contributed by atoms with Crippen LogP contribution in [0.1, 0.15) is 17.5 Å². The maximum atomic E-state index is 10.1. The Morgan fingerprint density at radius 3 is 2.88 bits per heavy atom. The van der Waals surface area contributed by atoms with E-state index in [1.165, 1.54) is 0 Å². The molecule has 0 amide bonds. The SMILES string of the molecule is Cn1ncc(Br)c1C(O)Cc1ccccn1. The van der Waals surface area contributed by atoms with E-state index in [4.69, 9.17) is 0 Å². The zero-order valence-electron chi connectivity index (χ0n) is 8.84. The highest BCUT2D eigenvalue weighted by Crippen LogP contribution is 2.24. The zero-order valence-corrected chi connectivity index (χ0v) is 10.4. The van der Waals surface area contributed by atoms with Crippen LogP contribution in [0.15, 0.2) is 35.1 Å². The number of hydrogen-bond acceptors (Lipinski definition) is 3. The number of pyridine rings is 1. The lowest BCUT2D eigenvalue weighted by molar-refractivity contribution is 0.166. The van der Waals surface area contributed by atoms with Gasteiger partial charge in [-0.25, -0.2) is 0 Å². The molecule has 2 aromatic rings. The molecule has 2 aromatic heterocycles. The minimum Gasteiger partial charge on any atom is -0.386 e. The van der Waals surface area contributed by atoms with Crippen LogP contribution in [0.25, 0.3) is 0 Å². The summed E-state index contributed by atoms with van der Waals surface area (Å²) >= 11 is 3.37. The Kier molecular flexibility index (Phi) is 3.36. The summed E-state index contributed by atoms with van der Waals surface area (Å²) in [6.07, 6.45) is 3.28. The van der Waals surface area contributed by atoms with Gasteiger partial charge in [0.1, 0.15) is 6.10 Å². The Morgan fingerprint density at radius 1 is 1.50 bits per heavy atom. The Morgan fingerprint density at radius 2 is 2.31 bits per heavy atom. The number of aliphatic hydroxyl groups is 1. The molecule has 0 saturated carbocycles. The van der Waals surface area contributed by atoms with Crippen LogP contribution >= 0.6 is 15.9 Å². The highest BCUT2D eigenvalue weighted by molar-refractivity contribution is 9.10. The van der Waals surface area contributed by atoms with Crippen LogP contribution < -0.4 is 0 Å². The average Bonchev–Trinajstić information content (AvgIpc) is 2.60. The number of nitrogens with zero attached hydrogens (tertiary/aromatic N) is 3. The quantitative estimate of drug-likeness (QED) is 0.934. The van der Waals surface area contributed by atoms with Crippen LogP contribution in [0.3, 0.4) is 0 Å². The fourth-order valence-electron chi connectivity index (χ4n) is 1.61. The van der Waals surface area contributed by atoms with Crippen molar-refractivity contribution in [3.8, 4) is 0 Å². The molecule has 0 aliphatic rings. The highest BCUT2D eigenvalue weighted by atomic mass is 79.9. The normalized spacial score (nSPS) is 12.7. The molecule has 0 fully saturated rings. The number of aromatic nitrogens is 3. The molecule has 0 aliphatic heterocycles. The van der Waals surface area contributed by atoms with E-state index in [1.807, 2.05) is 25.2 Å². The lowest BCUT2D eigenvalue weighted by Gasteiger charge is -2.11. The number of halogens is 1. The van der Waals surface area contributed by atoms with E-state index in [1.54, 1.807) is 17.1 Å². The van der Waals surface area contributed by atoms with E-state index in [-0.39, 0.29) is 0 Å². The second-order valence-corrected chi connectivity index (χ2v) is 4.40. The lowest BCUT2D eigenvalue weighted by Crippen LogP contribution is -2.09. The Hall–Kier alpha value is -1.20. The van der Waals surface area contributed by atoms with Crippen molar-refractivity contribution in [1.29, 1.82) is 0 Å². The first-order chi connectivity index (χ1) is 7.68.